The van der Waals surface area contributed by atoms with Crippen LogP contribution in [0.5, 0.6) is 11.5 Å². The fraction of sp³-hybridized carbons (Fsp3) is 0.182. The van der Waals surface area contributed by atoms with E-state index in [-0.39, 0.29) is 11.5 Å². The molecule has 0 bridgehead atoms. The van der Waals surface area contributed by atoms with Gasteiger partial charge in [0.1, 0.15) is 0 Å². The van der Waals surface area contributed by atoms with Crippen molar-refractivity contribution in [3.63, 3.8) is 0 Å². The van der Waals surface area contributed by atoms with E-state index < -0.39 is 5.91 Å². The number of hydrogen-bond acceptors (Lipinski definition) is 3. The van der Waals surface area contributed by atoms with E-state index in [4.69, 9.17) is 10.8 Å². The van der Waals surface area contributed by atoms with Crippen molar-refractivity contribution in [3.8, 4) is 11.5 Å². The molecule has 0 unspecified atom stereocenters. The van der Waals surface area contributed by atoms with Crippen LogP contribution >= 0.6 is 0 Å². The van der Waals surface area contributed by atoms with Gasteiger partial charge in [0.25, 0.3) is 0 Å². The van der Waals surface area contributed by atoms with Crippen molar-refractivity contribution in [1.82, 2.24) is 0 Å². The maximum atomic E-state index is 10.7. The highest BCUT2D eigenvalue weighted by molar-refractivity contribution is 5.91. The molecule has 0 radical (unpaired) electrons. The van der Waals surface area contributed by atoms with Gasteiger partial charge in [0.2, 0.25) is 5.91 Å². The molecule has 1 aromatic carbocycles. The van der Waals surface area contributed by atoms with Gasteiger partial charge in [0.05, 0.1) is 0 Å². The van der Waals surface area contributed by atoms with E-state index in [9.17, 15) is 9.90 Å². The van der Waals surface area contributed by atoms with Crippen LogP contribution in [0.15, 0.2) is 29.8 Å². The Kier molecular flexibility index (Phi) is 3.33. The van der Waals surface area contributed by atoms with Crippen LogP contribution in [-0.2, 0) is 11.2 Å². The third-order valence-electron chi connectivity index (χ3n) is 2.07. The van der Waals surface area contributed by atoms with Crippen molar-refractivity contribution in [1.29, 1.82) is 0 Å². The van der Waals surface area contributed by atoms with Crippen molar-refractivity contribution in [2.24, 2.45) is 5.73 Å². The molecule has 4 N–H and O–H groups in total. The van der Waals surface area contributed by atoms with Crippen LogP contribution in [-0.4, -0.2) is 16.1 Å². The van der Waals surface area contributed by atoms with E-state index in [0.29, 0.717) is 12.0 Å². The van der Waals surface area contributed by atoms with Gasteiger partial charge < -0.3 is 15.9 Å². The van der Waals surface area contributed by atoms with E-state index in [1.165, 1.54) is 12.1 Å². The first-order valence-corrected chi connectivity index (χ1v) is 4.48. The minimum Gasteiger partial charge on any atom is -0.504 e. The van der Waals surface area contributed by atoms with Crippen molar-refractivity contribution in [3.05, 3.63) is 35.4 Å². The van der Waals surface area contributed by atoms with Crippen molar-refractivity contribution >= 4 is 5.91 Å². The number of nitrogens with two attached hydrogens (primary N) is 1. The monoisotopic (exact) mass is 207 g/mol. The number of amides is 1. The highest BCUT2D eigenvalue weighted by atomic mass is 16.3. The fourth-order valence-electron chi connectivity index (χ4n) is 1.07. The van der Waals surface area contributed by atoms with Crippen molar-refractivity contribution < 1.29 is 15.0 Å². The molecule has 0 aliphatic heterocycles. The van der Waals surface area contributed by atoms with Gasteiger partial charge in [-0.1, -0.05) is 12.1 Å². The number of benzene rings is 1. The van der Waals surface area contributed by atoms with Gasteiger partial charge >= 0.3 is 0 Å². The Hall–Kier alpha value is -1.97. The molecule has 1 amide bonds. The van der Waals surface area contributed by atoms with Gasteiger partial charge in [-0.3, -0.25) is 4.79 Å². The van der Waals surface area contributed by atoms with E-state index >= 15 is 0 Å². The zero-order valence-electron chi connectivity index (χ0n) is 8.40. The first kappa shape index (κ1) is 11.1. The summed E-state index contributed by atoms with van der Waals surface area (Å²) in [5, 5.41) is 18.3. The molecule has 1 aromatic rings. The third-order valence-corrected chi connectivity index (χ3v) is 2.07. The lowest BCUT2D eigenvalue weighted by Gasteiger charge is -2.01. The number of hydrogen-bond donors (Lipinski definition) is 3. The molecule has 15 heavy (non-hydrogen) atoms. The fourth-order valence-corrected chi connectivity index (χ4v) is 1.07. The van der Waals surface area contributed by atoms with Gasteiger partial charge in [-0.25, -0.2) is 0 Å². The molecule has 0 aromatic heterocycles. The number of carbonyl (C=O) groups excluding carboxylic acids is 1. The Morgan fingerprint density at radius 3 is 2.60 bits per heavy atom. The molecule has 1 rings (SSSR count). The predicted octanol–water partition coefficient (Wildman–Crippen LogP) is 1.07. The molecular formula is C11H13NO3. The first-order valence-electron chi connectivity index (χ1n) is 4.48. The lowest BCUT2D eigenvalue weighted by Crippen LogP contribution is -2.11. The van der Waals surface area contributed by atoms with Crippen molar-refractivity contribution in [2.75, 3.05) is 0 Å². The minimum atomic E-state index is -0.460. The summed E-state index contributed by atoms with van der Waals surface area (Å²) in [5.41, 5.74) is 6.33. The second-order valence-electron chi connectivity index (χ2n) is 3.28. The summed E-state index contributed by atoms with van der Waals surface area (Å²) >= 11 is 0. The normalized spacial score (nSPS) is 11.4. The van der Waals surface area contributed by atoms with Crippen LogP contribution in [0.1, 0.15) is 12.5 Å². The van der Waals surface area contributed by atoms with E-state index in [1.807, 2.05) is 0 Å². The van der Waals surface area contributed by atoms with E-state index in [1.54, 1.807) is 19.1 Å². The number of phenols is 2. The molecule has 0 saturated carbocycles. The largest absolute Gasteiger partial charge is 0.504 e. The maximum absolute atomic E-state index is 10.7. The topological polar surface area (TPSA) is 83.6 Å². The molecule has 0 heterocycles. The Labute approximate surface area is 87.7 Å². The van der Waals surface area contributed by atoms with Crippen LogP contribution in [0, 0.1) is 0 Å². The molecule has 0 atom stereocenters. The zero-order valence-corrected chi connectivity index (χ0v) is 8.40. The summed E-state index contributed by atoms with van der Waals surface area (Å²) in [7, 11) is 0. The summed E-state index contributed by atoms with van der Waals surface area (Å²) in [6.45, 7) is 1.63. The zero-order chi connectivity index (χ0) is 11.4. The molecular weight excluding hydrogens is 194 g/mol. The minimum absolute atomic E-state index is 0.158. The van der Waals surface area contributed by atoms with Crippen molar-refractivity contribution in [2.45, 2.75) is 13.3 Å². The number of rotatable bonds is 3. The summed E-state index contributed by atoms with van der Waals surface area (Å²) < 4.78 is 0. The number of phenolic OH excluding ortho intramolecular Hbond substituents is 2. The SMILES string of the molecule is CC(=CCc1ccc(O)c(O)c1)C(N)=O. The Morgan fingerprint density at radius 1 is 1.40 bits per heavy atom. The number of aromatic hydroxyl groups is 2. The van der Waals surface area contributed by atoms with Crippen LogP contribution in [0.25, 0.3) is 0 Å². The van der Waals surface area contributed by atoms with Crippen LogP contribution in [0.2, 0.25) is 0 Å². The van der Waals surface area contributed by atoms with Gasteiger partial charge in [-0.15, -0.1) is 0 Å². The quantitative estimate of drug-likeness (QED) is 0.512. The molecule has 0 fully saturated rings. The standard InChI is InChI=1S/C11H13NO3/c1-7(11(12)15)2-3-8-4-5-9(13)10(14)6-8/h2,4-6,13-14H,3H2,1H3,(H2,12,15). The molecule has 80 valence electrons. The highest BCUT2D eigenvalue weighted by Crippen LogP contribution is 2.25. The lowest BCUT2D eigenvalue weighted by molar-refractivity contribution is -0.114. The predicted molar refractivity (Wildman–Crippen MR) is 56.4 cm³/mol. The third kappa shape index (κ3) is 3.02. The Balaban J connectivity index is 2.78. The molecule has 0 spiro atoms. The molecule has 0 aliphatic rings. The number of carbonyl (C=O) groups is 1. The molecule has 4 heteroatoms. The second-order valence-corrected chi connectivity index (χ2v) is 3.28. The Bertz CT molecular complexity index is 410. The van der Waals surface area contributed by atoms with Crippen LogP contribution in [0.4, 0.5) is 0 Å². The average Bonchev–Trinajstić information content (AvgIpc) is 2.19. The second kappa shape index (κ2) is 4.50. The van der Waals surface area contributed by atoms with E-state index in [2.05, 4.69) is 0 Å². The molecule has 0 saturated heterocycles. The smallest absolute Gasteiger partial charge is 0.244 e. The first-order chi connectivity index (χ1) is 7.00. The summed E-state index contributed by atoms with van der Waals surface area (Å²) in [4.78, 5) is 10.7. The van der Waals surface area contributed by atoms with Gasteiger partial charge in [-0.2, -0.15) is 0 Å². The maximum Gasteiger partial charge on any atom is 0.244 e. The number of primary amides is 1. The Morgan fingerprint density at radius 2 is 2.07 bits per heavy atom. The average molecular weight is 207 g/mol. The number of allylic oxidation sites excluding steroid dienone is 1. The summed E-state index contributed by atoms with van der Waals surface area (Å²) in [6, 6.07) is 4.51. The lowest BCUT2D eigenvalue weighted by atomic mass is 10.1. The summed E-state index contributed by atoms with van der Waals surface area (Å²) in [6.07, 6.45) is 2.16. The van der Waals surface area contributed by atoms with Crippen LogP contribution in [0.3, 0.4) is 0 Å². The van der Waals surface area contributed by atoms with Crippen LogP contribution < -0.4 is 5.73 Å². The highest BCUT2D eigenvalue weighted by Gasteiger charge is 2.00. The molecule has 0 aliphatic carbocycles. The summed E-state index contributed by atoms with van der Waals surface area (Å²) in [5.74, 6) is -0.787. The van der Waals surface area contributed by atoms with E-state index in [0.717, 1.165) is 5.56 Å². The molecule has 4 nitrogen and oxygen atoms in total. The van der Waals surface area contributed by atoms with Gasteiger partial charge in [-0.05, 0) is 31.0 Å². The van der Waals surface area contributed by atoms with Gasteiger partial charge in [0.15, 0.2) is 11.5 Å². The van der Waals surface area contributed by atoms with Gasteiger partial charge in [0, 0.05) is 5.57 Å².